The second-order valence-corrected chi connectivity index (χ2v) is 8.93. The lowest BCUT2D eigenvalue weighted by atomic mass is 10.1. The van der Waals surface area contributed by atoms with Gasteiger partial charge >= 0.3 is 0 Å². The minimum Gasteiger partial charge on any atom is -0.340 e. The van der Waals surface area contributed by atoms with E-state index in [1.165, 1.54) is 11.3 Å². The highest BCUT2D eigenvalue weighted by Crippen LogP contribution is 2.22. The number of amides is 2. The Labute approximate surface area is 177 Å². The molecule has 0 aliphatic heterocycles. The molecule has 0 spiro atoms. The summed E-state index contributed by atoms with van der Waals surface area (Å²) >= 11 is 4.70. The van der Waals surface area contributed by atoms with Crippen LogP contribution in [0, 0.1) is 0 Å². The Morgan fingerprint density at radius 3 is 1.93 bits per heavy atom. The predicted octanol–water partition coefficient (Wildman–Crippen LogP) is 4.86. The number of nitrogens with one attached hydrogen (secondary N) is 1. The first-order chi connectivity index (χ1) is 13.5. The topological polar surface area (TPSA) is 49.4 Å². The van der Waals surface area contributed by atoms with Gasteiger partial charge in [-0.2, -0.15) is 0 Å². The molecule has 3 aromatic rings. The lowest BCUT2D eigenvalue weighted by Crippen LogP contribution is -2.46. The summed E-state index contributed by atoms with van der Waals surface area (Å²) < 4.78 is 0.881. The van der Waals surface area contributed by atoms with Gasteiger partial charge in [-0.3, -0.25) is 9.59 Å². The Bertz CT molecular complexity index is 886. The number of nitrogens with zero attached hydrogens (tertiary/aromatic N) is 1. The average molecular weight is 457 g/mol. The molecule has 3 rings (SSSR count). The van der Waals surface area contributed by atoms with Gasteiger partial charge in [0.2, 0.25) is 5.91 Å². The normalized spacial score (nSPS) is 11.6. The molecule has 0 bridgehead atoms. The number of rotatable bonds is 7. The molecular weight excluding hydrogens is 436 g/mol. The highest BCUT2D eigenvalue weighted by atomic mass is 79.9. The van der Waals surface area contributed by atoms with Gasteiger partial charge in [-0.25, -0.2) is 0 Å². The van der Waals surface area contributed by atoms with Gasteiger partial charge in [-0.1, -0.05) is 60.7 Å². The standard InChI is InChI=1S/C22H21BrN2O2S/c1-16(24-21(26)19-12-13-20(23)28-19)22(27)25(14-17-8-4-2-5-9-17)15-18-10-6-3-7-11-18/h2-13,16H,14-15H2,1H3,(H,24,26). The van der Waals surface area contributed by atoms with Gasteiger partial charge in [-0.05, 0) is 46.1 Å². The van der Waals surface area contributed by atoms with E-state index in [9.17, 15) is 9.59 Å². The van der Waals surface area contributed by atoms with Crippen molar-refractivity contribution in [3.05, 3.63) is 92.6 Å². The van der Waals surface area contributed by atoms with Gasteiger partial charge in [0.1, 0.15) is 6.04 Å². The van der Waals surface area contributed by atoms with Gasteiger partial charge in [0.05, 0.1) is 8.66 Å². The highest BCUT2D eigenvalue weighted by Gasteiger charge is 2.23. The molecule has 0 saturated carbocycles. The van der Waals surface area contributed by atoms with E-state index in [1.807, 2.05) is 66.7 Å². The van der Waals surface area contributed by atoms with Crippen LogP contribution in [0.2, 0.25) is 0 Å². The van der Waals surface area contributed by atoms with E-state index in [4.69, 9.17) is 0 Å². The van der Waals surface area contributed by atoms with Crippen molar-refractivity contribution in [1.82, 2.24) is 10.2 Å². The van der Waals surface area contributed by atoms with Crippen molar-refractivity contribution in [2.24, 2.45) is 0 Å². The minimum absolute atomic E-state index is 0.114. The van der Waals surface area contributed by atoms with Crippen LogP contribution in [0.4, 0.5) is 0 Å². The molecule has 0 aliphatic carbocycles. The van der Waals surface area contributed by atoms with E-state index in [1.54, 1.807) is 17.9 Å². The molecule has 144 valence electrons. The summed E-state index contributed by atoms with van der Waals surface area (Å²) in [4.78, 5) is 27.9. The summed E-state index contributed by atoms with van der Waals surface area (Å²) in [7, 11) is 0. The van der Waals surface area contributed by atoms with E-state index in [0.29, 0.717) is 18.0 Å². The fourth-order valence-electron chi connectivity index (χ4n) is 2.86. The zero-order valence-corrected chi connectivity index (χ0v) is 17.9. The Balaban J connectivity index is 1.73. The maximum absolute atomic E-state index is 13.1. The summed E-state index contributed by atoms with van der Waals surface area (Å²) in [5.41, 5.74) is 2.10. The van der Waals surface area contributed by atoms with E-state index in [-0.39, 0.29) is 11.8 Å². The lowest BCUT2D eigenvalue weighted by Gasteiger charge is -2.26. The van der Waals surface area contributed by atoms with Gasteiger partial charge in [-0.15, -0.1) is 11.3 Å². The first-order valence-electron chi connectivity index (χ1n) is 8.96. The van der Waals surface area contributed by atoms with Crippen molar-refractivity contribution >= 4 is 39.1 Å². The molecule has 1 aromatic heterocycles. The van der Waals surface area contributed by atoms with E-state index in [0.717, 1.165) is 14.9 Å². The number of thiophene rings is 1. The molecule has 0 aliphatic rings. The largest absolute Gasteiger partial charge is 0.340 e. The molecule has 0 radical (unpaired) electrons. The monoisotopic (exact) mass is 456 g/mol. The Hall–Kier alpha value is -2.44. The van der Waals surface area contributed by atoms with Gasteiger partial charge < -0.3 is 10.2 Å². The van der Waals surface area contributed by atoms with Crippen molar-refractivity contribution in [2.45, 2.75) is 26.1 Å². The Morgan fingerprint density at radius 1 is 0.929 bits per heavy atom. The molecule has 1 unspecified atom stereocenters. The molecular formula is C22H21BrN2O2S. The fourth-order valence-corrected chi connectivity index (χ4v) is 4.15. The number of hydrogen-bond donors (Lipinski definition) is 1. The van der Waals surface area contributed by atoms with Crippen molar-refractivity contribution in [3.8, 4) is 0 Å². The van der Waals surface area contributed by atoms with Gasteiger partial charge in [0, 0.05) is 13.1 Å². The van der Waals surface area contributed by atoms with E-state index < -0.39 is 6.04 Å². The summed E-state index contributed by atoms with van der Waals surface area (Å²) in [5, 5.41) is 2.82. The first-order valence-corrected chi connectivity index (χ1v) is 10.6. The van der Waals surface area contributed by atoms with Gasteiger partial charge in [0.25, 0.3) is 5.91 Å². The van der Waals surface area contributed by atoms with Crippen molar-refractivity contribution in [3.63, 3.8) is 0 Å². The summed E-state index contributed by atoms with van der Waals surface area (Å²) in [5.74, 6) is -0.354. The molecule has 6 heteroatoms. The number of hydrogen-bond acceptors (Lipinski definition) is 3. The molecule has 1 N–H and O–H groups in total. The molecule has 1 heterocycles. The van der Waals surface area contributed by atoms with Crippen LogP contribution in [0.1, 0.15) is 27.7 Å². The summed E-state index contributed by atoms with van der Waals surface area (Å²) in [6, 6.07) is 22.7. The molecule has 28 heavy (non-hydrogen) atoms. The average Bonchev–Trinajstić information content (AvgIpc) is 3.15. The Kier molecular flexibility index (Phi) is 7.01. The van der Waals surface area contributed by atoms with E-state index >= 15 is 0 Å². The summed E-state index contributed by atoms with van der Waals surface area (Å²) in [6.45, 7) is 2.70. The highest BCUT2D eigenvalue weighted by molar-refractivity contribution is 9.11. The second kappa shape index (κ2) is 9.66. The fraction of sp³-hybridized carbons (Fsp3) is 0.182. The van der Waals surface area contributed by atoms with Crippen LogP contribution in [-0.4, -0.2) is 22.8 Å². The Morgan fingerprint density at radius 2 is 1.46 bits per heavy atom. The maximum atomic E-state index is 13.1. The molecule has 2 aromatic carbocycles. The zero-order valence-electron chi connectivity index (χ0n) is 15.5. The van der Waals surface area contributed by atoms with Crippen LogP contribution in [0.5, 0.6) is 0 Å². The van der Waals surface area contributed by atoms with Crippen molar-refractivity contribution in [2.75, 3.05) is 0 Å². The van der Waals surface area contributed by atoms with Crippen molar-refractivity contribution in [1.29, 1.82) is 0 Å². The van der Waals surface area contributed by atoms with Crippen LogP contribution >= 0.6 is 27.3 Å². The third-order valence-corrected chi connectivity index (χ3v) is 5.88. The molecule has 4 nitrogen and oxygen atoms in total. The SMILES string of the molecule is CC(NC(=O)c1ccc(Br)s1)C(=O)N(Cc1ccccc1)Cc1ccccc1. The second-order valence-electron chi connectivity index (χ2n) is 6.46. The van der Waals surface area contributed by atoms with Crippen molar-refractivity contribution < 1.29 is 9.59 Å². The third kappa shape index (κ3) is 5.53. The minimum atomic E-state index is -0.624. The molecule has 1 atom stereocenters. The number of carbonyl (C=O) groups is 2. The molecule has 0 fully saturated rings. The third-order valence-electron chi connectivity index (χ3n) is 4.26. The molecule has 2 amide bonds. The summed E-state index contributed by atoms with van der Waals surface area (Å²) in [6.07, 6.45) is 0. The van der Waals surface area contributed by atoms with Crippen LogP contribution in [-0.2, 0) is 17.9 Å². The number of benzene rings is 2. The smallest absolute Gasteiger partial charge is 0.262 e. The maximum Gasteiger partial charge on any atom is 0.262 e. The first kappa shape index (κ1) is 20.3. The van der Waals surface area contributed by atoms with E-state index in [2.05, 4.69) is 21.2 Å². The van der Waals surface area contributed by atoms with Crippen LogP contribution in [0.15, 0.2) is 76.6 Å². The number of halogens is 1. The quantitative estimate of drug-likeness (QED) is 0.551. The van der Waals surface area contributed by atoms with Gasteiger partial charge in [0.15, 0.2) is 0 Å². The van der Waals surface area contributed by atoms with Crippen LogP contribution in [0.25, 0.3) is 0 Å². The van der Waals surface area contributed by atoms with Crippen LogP contribution < -0.4 is 5.32 Å². The van der Waals surface area contributed by atoms with Crippen LogP contribution in [0.3, 0.4) is 0 Å². The lowest BCUT2D eigenvalue weighted by molar-refractivity contribution is -0.134. The molecule has 0 saturated heterocycles. The predicted molar refractivity (Wildman–Crippen MR) is 116 cm³/mol. The zero-order chi connectivity index (χ0) is 19.9. The number of carbonyl (C=O) groups excluding carboxylic acids is 2.